The Morgan fingerprint density at radius 1 is 1.59 bits per heavy atom. The van der Waals surface area contributed by atoms with Gasteiger partial charge in [0, 0.05) is 47.3 Å². The van der Waals surface area contributed by atoms with Gasteiger partial charge in [-0.3, -0.25) is 13.8 Å². The number of H-pyrrole nitrogens is 1. The van der Waals surface area contributed by atoms with E-state index in [9.17, 15) is 13.8 Å². The molecule has 0 saturated carbocycles. The van der Waals surface area contributed by atoms with E-state index in [1.54, 1.807) is 6.26 Å². The molecule has 0 saturated heterocycles. The van der Waals surface area contributed by atoms with E-state index in [1.807, 2.05) is 6.92 Å². The fraction of sp³-hybridized carbons (Fsp3) is 0.455. The first-order chi connectivity index (χ1) is 8.02. The van der Waals surface area contributed by atoms with Crippen molar-refractivity contribution in [1.82, 2.24) is 10.3 Å². The van der Waals surface area contributed by atoms with Gasteiger partial charge in [0.25, 0.3) is 5.91 Å². The van der Waals surface area contributed by atoms with Crippen molar-refractivity contribution in [2.24, 2.45) is 0 Å². The lowest BCUT2D eigenvalue weighted by Gasteiger charge is -2.08. The average Bonchev–Trinajstić information content (AvgIpc) is 2.29. The predicted molar refractivity (Wildman–Crippen MR) is 67.5 cm³/mol. The molecule has 0 aliphatic carbocycles. The second-order valence-corrected chi connectivity index (χ2v) is 5.58. The van der Waals surface area contributed by atoms with E-state index in [0.29, 0.717) is 13.0 Å². The molecule has 0 spiro atoms. The number of pyridine rings is 1. The SMILES string of the molecule is CC(CCNC(=O)c1c[nH]ccc1=O)S(C)=O. The van der Waals surface area contributed by atoms with Crippen LogP contribution in [0.3, 0.4) is 0 Å². The van der Waals surface area contributed by atoms with Gasteiger partial charge in [0.1, 0.15) is 5.56 Å². The highest BCUT2D eigenvalue weighted by atomic mass is 32.2. The maximum absolute atomic E-state index is 11.6. The number of amides is 1. The summed E-state index contributed by atoms with van der Waals surface area (Å²) >= 11 is 0. The third kappa shape index (κ3) is 4.14. The summed E-state index contributed by atoms with van der Waals surface area (Å²) in [7, 11) is -0.893. The first kappa shape index (κ1) is 13.6. The highest BCUT2D eigenvalue weighted by Gasteiger charge is 2.10. The summed E-state index contributed by atoms with van der Waals surface area (Å²) in [4.78, 5) is 25.6. The molecular formula is C11H16N2O3S. The molecule has 1 rings (SSSR count). The lowest BCUT2D eigenvalue weighted by atomic mass is 10.2. The molecule has 1 aromatic rings. The maximum atomic E-state index is 11.6. The summed E-state index contributed by atoms with van der Waals surface area (Å²) in [6, 6.07) is 1.30. The topological polar surface area (TPSA) is 79.0 Å². The molecule has 0 bridgehead atoms. The van der Waals surface area contributed by atoms with Gasteiger partial charge >= 0.3 is 0 Å². The highest BCUT2D eigenvalue weighted by Crippen LogP contribution is 1.97. The van der Waals surface area contributed by atoms with Crippen LogP contribution in [0.4, 0.5) is 0 Å². The fourth-order valence-electron chi connectivity index (χ4n) is 1.24. The summed E-state index contributed by atoms with van der Waals surface area (Å²) in [6.07, 6.45) is 5.11. The lowest BCUT2D eigenvalue weighted by Crippen LogP contribution is -2.31. The van der Waals surface area contributed by atoms with Crippen LogP contribution in [-0.4, -0.2) is 33.2 Å². The molecule has 2 N–H and O–H groups in total. The summed E-state index contributed by atoms with van der Waals surface area (Å²) in [5.41, 5.74) is -0.217. The van der Waals surface area contributed by atoms with E-state index >= 15 is 0 Å². The van der Waals surface area contributed by atoms with E-state index < -0.39 is 16.7 Å². The van der Waals surface area contributed by atoms with Crippen molar-refractivity contribution in [2.75, 3.05) is 12.8 Å². The van der Waals surface area contributed by atoms with Gasteiger partial charge < -0.3 is 10.3 Å². The normalized spacial score (nSPS) is 14.0. The molecular weight excluding hydrogens is 240 g/mol. The number of carbonyl (C=O) groups is 1. The van der Waals surface area contributed by atoms with Crippen LogP contribution in [-0.2, 0) is 10.8 Å². The molecule has 0 aliphatic heterocycles. The largest absolute Gasteiger partial charge is 0.367 e. The Kier molecular flexibility index (Phi) is 5.09. The summed E-state index contributed by atoms with van der Waals surface area (Å²) in [5.74, 6) is -0.402. The van der Waals surface area contributed by atoms with Crippen LogP contribution < -0.4 is 10.7 Å². The van der Waals surface area contributed by atoms with Crippen LogP contribution >= 0.6 is 0 Å². The fourth-order valence-corrected chi connectivity index (χ4v) is 1.69. The molecule has 1 aromatic heterocycles. The molecule has 6 heteroatoms. The van der Waals surface area contributed by atoms with Gasteiger partial charge in [-0.15, -0.1) is 0 Å². The zero-order chi connectivity index (χ0) is 12.8. The van der Waals surface area contributed by atoms with Crippen molar-refractivity contribution in [1.29, 1.82) is 0 Å². The van der Waals surface area contributed by atoms with E-state index in [0.717, 1.165) is 0 Å². The molecule has 0 fully saturated rings. The van der Waals surface area contributed by atoms with Crippen LogP contribution in [0.15, 0.2) is 23.3 Å². The third-order valence-corrected chi connectivity index (χ3v) is 3.84. The Balaban J connectivity index is 2.49. The average molecular weight is 256 g/mol. The minimum Gasteiger partial charge on any atom is -0.367 e. The zero-order valence-electron chi connectivity index (χ0n) is 9.86. The second-order valence-electron chi connectivity index (χ2n) is 3.78. The molecule has 0 radical (unpaired) electrons. The molecule has 1 heterocycles. The Labute approximate surface area is 102 Å². The Morgan fingerprint density at radius 3 is 2.88 bits per heavy atom. The summed E-state index contributed by atoms with van der Waals surface area (Å²) < 4.78 is 11.1. The number of aromatic nitrogens is 1. The van der Waals surface area contributed by atoms with Gasteiger partial charge in [0.2, 0.25) is 0 Å². The minimum absolute atomic E-state index is 0.0318. The molecule has 1 amide bonds. The van der Waals surface area contributed by atoms with Gasteiger partial charge in [-0.1, -0.05) is 6.92 Å². The van der Waals surface area contributed by atoms with Gasteiger partial charge in [0.15, 0.2) is 5.43 Å². The first-order valence-electron chi connectivity index (χ1n) is 5.30. The quantitative estimate of drug-likeness (QED) is 0.793. The molecule has 94 valence electrons. The molecule has 2 atom stereocenters. The van der Waals surface area contributed by atoms with E-state index in [2.05, 4.69) is 10.3 Å². The van der Waals surface area contributed by atoms with Crippen molar-refractivity contribution in [3.8, 4) is 0 Å². The predicted octanol–water partition coefficient (Wildman–Crippen LogP) is 0.262. The van der Waals surface area contributed by atoms with Crippen molar-refractivity contribution in [2.45, 2.75) is 18.6 Å². The maximum Gasteiger partial charge on any atom is 0.256 e. The van der Waals surface area contributed by atoms with E-state index in [1.165, 1.54) is 18.5 Å². The van der Waals surface area contributed by atoms with E-state index in [4.69, 9.17) is 0 Å². The van der Waals surface area contributed by atoms with Crippen LogP contribution in [0.2, 0.25) is 0 Å². The molecule has 0 aromatic carbocycles. The Morgan fingerprint density at radius 2 is 2.29 bits per heavy atom. The Bertz CT molecular complexity index is 470. The van der Waals surface area contributed by atoms with Crippen molar-refractivity contribution >= 4 is 16.7 Å². The van der Waals surface area contributed by atoms with Crippen molar-refractivity contribution in [3.05, 3.63) is 34.2 Å². The molecule has 0 aliphatic rings. The highest BCUT2D eigenvalue weighted by molar-refractivity contribution is 7.84. The van der Waals surface area contributed by atoms with Crippen LogP contribution in [0.5, 0.6) is 0 Å². The molecule has 17 heavy (non-hydrogen) atoms. The monoisotopic (exact) mass is 256 g/mol. The number of hydrogen-bond acceptors (Lipinski definition) is 3. The number of rotatable bonds is 5. The smallest absolute Gasteiger partial charge is 0.256 e. The van der Waals surface area contributed by atoms with Crippen molar-refractivity contribution < 1.29 is 9.00 Å². The number of aromatic amines is 1. The van der Waals surface area contributed by atoms with Crippen LogP contribution in [0.1, 0.15) is 23.7 Å². The minimum atomic E-state index is -0.893. The van der Waals surface area contributed by atoms with Gasteiger partial charge in [-0.25, -0.2) is 0 Å². The number of nitrogens with one attached hydrogen (secondary N) is 2. The van der Waals surface area contributed by atoms with Gasteiger partial charge in [-0.2, -0.15) is 0 Å². The third-order valence-electron chi connectivity index (χ3n) is 2.47. The summed E-state index contributed by atoms with van der Waals surface area (Å²) in [6.45, 7) is 2.27. The zero-order valence-corrected chi connectivity index (χ0v) is 10.7. The van der Waals surface area contributed by atoms with Crippen LogP contribution in [0.25, 0.3) is 0 Å². The van der Waals surface area contributed by atoms with Crippen LogP contribution in [0, 0.1) is 0 Å². The number of hydrogen-bond donors (Lipinski definition) is 2. The van der Waals surface area contributed by atoms with Crippen molar-refractivity contribution in [3.63, 3.8) is 0 Å². The standard InChI is InChI=1S/C11H16N2O3S/c1-8(17(2)16)3-6-13-11(15)9-7-12-5-4-10(9)14/h4-5,7-8H,3,6H2,1-2H3,(H,12,14)(H,13,15). The molecule has 2 unspecified atom stereocenters. The molecule has 5 nitrogen and oxygen atoms in total. The van der Waals surface area contributed by atoms with Gasteiger partial charge in [0.05, 0.1) is 0 Å². The Hall–Kier alpha value is -1.43. The lowest BCUT2D eigenvalue weighted by molar-refractivity contribution is 0.0952. The van der Waals surface area contributed by atoms with E-state index in [-0.39, 0.29) is 16.2 Å². The first-order valence-corrected chi connectivity index (χ1v) is 6.92. The second kappa shape index (κ2) is 6.34. The number of carbonyl (C=O) groups excluding carboxylic acids is 1. The van der Waals surface area contributed by atoms with Gasteiger partial charge in [-0.05, 0) is 6.42 Å². The summed E-state index contributed by atoms with van der Waals surface area (Å²) in [5, 5.41) is 2.66.